The van der Waals surface area contributed by atoms with E-state index in [0.29, 0.717) is 12.1 Å². The highest BCUT2D eigenvalue weighted by atomic mass is 16.2. The Bertz CT molecular complexity index is 173. The summed E-state index contributed by atoms with van der Waals surface area (Å²) in [5, 5.41) is 6.11. The lowest BCUT2D eigenvalue weighted by atomic mass is 10.2. The fourth-order valence-electron chi connectivity index (χ4n) is 2.55. The average molecular weight is 196 g/mol. The summed E-state index contributed by atoms with van der Waals surface area (Å²) in [4.78, 5) is 11.5. The predicted molar refractivity (Wildman–Crippen MR) is 56.2 cm³/mol. The van der Waals surface area contributed by atoms with Gasteiger partial charge in [0.2, 0.25) is 0 Å². The summed E-state index contributed by atoms with van der Waals surface area (Å²) in [5.41, 5.74) is 0. The third-order valence-corrected chi connectivity index (χ3v) is 3.38. The van der Waals surface area contributed by atoms with Crippen molar-refractivity contribution in [3.05, 3.63) is 0 Å². The van der Waals surface area contributed by atoms with Crippen LogP contribution in [0.1, 0.15) is 51.4 Å². The summed E-state index contributed by atoms with van der Waals surface area (Å²) in [6.07, 6.45) is 9.75. The molecule has 0 aliphatic heterocycles. The highest BCUT2D eigenvalue weighted by Gasteiger charge is 2.20. The van der Waals surface area contributed by atoms with Gasteiger partial charge in [0.15, 0.2) is 0 Å². The van der Waals surface area contributed by atoms with Gasteiger partial charge in [0.05, 0.1) is 0 Å². The van der Waals surface area contributed by atoms with Crippen LogP contribution in [0.5, 0.6) is 0 Å². The summed E-state index contributed by atoms with van der Waals surface area (Å²) in [6, 6.07) is 0.941. The van der Waals surface area contributed by atoms with Crippen LogP contribution in [0, 0.1) is 0 Å². The van der Waals surface area contributed by atoms with Gasteiger partial charge < -0.3 is 10.6 Å². The molecule has 2 rings (SSSR count). The molecule has 2 aliphatic rings. The molecule has 3 nitrogen and oxygen atoms in total. The monoisotopic (exact) mass is 196 g/mol. The SMILES string of the molecule is O=C(NC1CCCC1)NC1CCCC1. The van der Waals surface area contributed by atoms with Crippen molar-refractivity contribution >= 4 is 6.03 Å². The molecule has 0 bridgehead atoms. The number of rotatable bonds is 2. The first-order chi connectivity index (χ1) is 6.84. The van der Waals surface area contributed by atoms with Crippen molar-refractivity contribution in [3.8, 4) is 0 Å². The van der Waals surface area contributed by atoms with E-state index in [1.807, 2.05) is 0 Å². The summed E-state index contributed by atoms with van der Waals surface area (Å²) in [6.45, 7) is 0. The Balaban J connectivity index is 1.66. The van der Waals surface area contributed by atoms with Gasteiger partial charge in [-0.25, -0.2) is 4.79 Å². The van der Waals surface area contributed by atoms with E-state index in [1.165, 1.54) is 25.7 Å². The zero-order chi connectivity index (χ0) is 9.80. The normalized spacial score (nSPS) is 24.0. The lowest BCUT2D eigenvalue weighted by molar-refractivity contribution is 0.233. The quantitative estimate of drug-likeness (QED) is 0.698. The number of nitrogens with one attached hydrogen (secondary N) is 2. The first-order valence-corrected chi connectivity index (χ1v) is 5.91. The van der Waals surface area contributed by atoms with Crippen LogP contribution in [-0.2, 0) is 0 Å². The second kappa shape index (κ2) is 4.67. The second-order valence-electron chi connectivity index (χ2n) is 4.58. The van der Waals surface area contributed by atoms with Crippen LogP contribution in [0.15, 0.2) is 0 Å². The van der Waals surface area contributed by atoms with Crippen molar-refractivity contribution in [2.24, 2.45) is 0 Å². The molecular formula is C11H20N2O. The van der Waals surface area contributed by atoms with Gasteiger partial charge in [0, 0.05) is 12.1 Å². The molecule has 2 aliphatic carbocycles. The van der Waals surface area contributed by atoms with Gasteiger partial charge >= 0.3 is 6.03 Å². The topological polar surface area (TPSA) is 41.1 Å². The smallest absolute Gasteiger partial charge is 0.315 e. The first kappa shape index (κ1) is 9.81. The van der Waals surface area contributed by atoms with E-state index < -0.39 is 0 Å². The maximum atomic E-state index is 11.5. The van der Waals surface area contributed by atoms with Crippen molar-refractivity contribution in [1.82, 2.24) is 10.6 Å². The molecule has 3 heteroatoms. The number of carbonyl (C=O) groups excluding carboxylic acids is 1. The van der Waals surface area contributed by atoms with Gasteiger partial charge in [-0.3, -0.25) is 0 Å². The van der Waals surface area contributed by atoms with Crippen molar-refractivity contribution in [1.29, 1.82) is 0 Å². The Kier molecular flexibility index (Phi) is 3.27. The number of amides is 2. The predicted octanol–water partition coefficient (Wildman–Crippen LogP) is 2.17. The number of hydrogen-bond donors (Lipinski definition) is 2. The minimum atomic E-state index is 0.0591. The standard InChI is InChI=1S/C11H20N2O/c14-11(12-9-5-1-2-6-9)13-10-7-3-4-8-10/h9-10H,1-8H2,(H2,12,13,14). The first-order valence-electron chi connectivity index (χ1n) is 5.91. The molecule has 0 saturated heterocycles. The molecule has 14 heavy (non-hydrogen) atoms. The molecule has 2 saturated carbocycles. The lowest BCUT2D eigenvalue weighted by Crippen LogP contribution is -2.44. The maximum absolute atomic E-state index is 11.5. The third kappa shape index (κ3) is 2.63. The number of carbonyl (C=O) groups is 1. The minimum absolute atomic E-state index is 0.0591. The molecule has 0 aromatic rings. The molecule has 0 aromatic carbocycles. The molecule has 80 valence electrons. The molecule has 0 heterocycles. The Labute approximate surface area is 85.6 Å². The summed E-state index contributed by atoms with van der Waals surface area (Å²) < 4.78 is 0. The van der Waals surface area contributed by atoms with Gasteiger partial charge in [0.1, 0.15) is 0 Å². The zero-order valence-electron chi connectivity index (χ0n) is 8.72. The molecule has 2 N–H and O–H groups in total. The fraction of sp³-hybridized carbons (Fsp3) is 0.909. The van der Waals surface area contributed by atoms with Crippen LogP contribution >= 0.6 is 0 Å². The van der Waals surface area contributed by atoms with E-state index in [1.54, 1.807) is 0 Å². The van der Waals surface area contributed by atoms with Crippen molar-refractivity contribution < 1.29 is 4.79 Å². The molecule has 0 atom stereocenters. The summed E-state index contributed by atoms with van der Waals surface area (Å²) in [7, 11) is 0. The summed E-state index contributed by atoms with van der Waals surface area (Å²) >= 11 is 0. The van der Waals surface area contributed by atoms with E-state index in [-0.39, 0.29) is 6.03 Å². The highest BCUT2D eigenvalue weighted by Crippen LogP contribution is 2.19. The van der Waals surface area contributed by atoms with Crippen LogP contribution in [0.25, 0.3) is 0 Å². The fourth-order valence-corrected chi connectivity index (χ4v) is 2.55. The molecule has 2 fully saturated rings. The molecular weight excluding hydrogens is 176 g/mol. The van der Waals surface area contributed by atoms with Gasteiger partial charge in [-0.2, -0.15) is 0 Å². The maximum Gasteiger partial charge on any atom is 0.315 e. The van der Waals surface area contributed by atoms with E-state index in [0.717, 1.165) is 25.7 Å². The molecule has 0 radical (unpaired) electrons. The number of hydrogen-bond acceptors (Lipinski definition) is 1. The second-order valence-corrected chi connectivity index (χ2v) is 4.58. The zero-order valence-corrected chi connectivity index (χ0v) is 8.72. The highest BCUT2D eigenvalue weighted by molar-refractivity contribution is 5.74. The third-order valence-electron chi connectivity index (χ3n) is 3.38. The lowest BCUT2D eigenvalue weighted by Gasteiger charge is -2.16. The Morgan fingerprint density at radius 3 is 1.50 bits per heavy atom. The van der Waals surface area contributed by atoms with Crippen LogP contribution in [0.3, 0.4) is 0 Å². The van der Waals surface area contributed by atoms with Crippen LogP contribution in [0.4, 0.5) is 4.79 Å². The molecule has 0 spiro atoms. The van der Waals surface area contributed by atoms with Crippen molar-refractivity contribution in [2.75, 3.05) is 0 Å². The van der Waals surface area contributed by atoms with Gasteiger partial charge in [-0.1, -0.05) is 25.7 Å². The summed E-state index contributed by atoms with van der Waals surface area (Å²) in [5.74, 6) is 0. The van der Waals surface area contributed by atoms with Crippen LogP contribution in [0.2, 0.25) is 0 Å². The van der Waals surface area contributed by atoms with E-state index >= 15 is 0 Å². The van der Waals surface area contributed by atoms with E-state index in [9.17, 15) is 4.79 Å². The van der Waals surface area contributed by atoms with E-state index in [4.69, 9.17) is 0 Å². The van der Waals surface area contributed by atoms with Crippen molar-refractivity contribution in [3.63, 3.8) is 0 Å². The molecule has 2 amide bonds. The van der Waals surface area contributed by atoms with Crippen LogP contribution in [-0.4, -0.2) is 18.1 Å². The molecule has 0 unspecified atom stereocenters. The van der Waals surface area contributed by atoms with Crippen molar-refractivity contribution in [2.45, 2.75) is 63.5 Å². The Morgan fingerprint density at radius 1 is 0.786 bits per heavy atom. The van der Waals surface area contributed by atoms with Gasteiger partial charge in [-0.15, -0.1) is 0 Å². The van der Waals surface area contributed by atoms with Crippen LogP contribution < -0.4 is 10.6 Å². The number of urea groups is 1. The minimum Gasteiger partial charge on any atom is -0.335 e. The van der Waals surface area contributed by atoms with Gasteiger partial charge in [0.25, 0.3) is 0 Å². The van der Waals surface area contributed by atoms with Gasteiger partial charge in [-0.05, 0) is 25.7 Å². The average Bonchev–Trinajstić information content (AvgIpc) is 2.76. The Hall–Kier alpha value is -0.730. The van der Waals surface area contributed by atoms with E-state index in [2.05, 4.69) is 10.6 Å². The largest absolute Gasteiger partial charge is 0.335 e. The Morgan fingerprint density at radius 2 is 1.14 bits per heavy atom. The molecule has 0 aromatic heterocycles.